The van der Waals surface area contributed by atoms with Gasteiger partial charge in [0.25, 0.3) is 0 Å². The molecule has 0 aliphatic carbocycles. The van der Waals surface area contributed by atoms with Gasteiger partial charge in [0.15, 0.2) is 0 Å². The lowest BCUT2D eigenvalue weighted by molar-refractivity contribution is -0.133. The number of carbonyl (C=O) groups excluding carboxylic acids is 2. The van der Waals surface area contributed by atoms with Crippen LogP contribution in [0.1, 0.15) is 28.5 Å². The van der Waals surface area contributed by atoms with Crippen LogP contribution in [-0.2, 0) is 16.0 Å². The zero-order valence-electron chi connectivity index (χ0n) is 14.5. The molecule has 2 heterocycles. The number of thiazole rings is 1. The summed E-state index contributed by atoms with van der Waals surface area (Å²) in [5.41, 5.74) is 4.32. The number of benzene rings is 1. The summed E-state index contributed by atoms with van der Waals surface area (Å²) in [5.74, 6) is 0.0104. The number of nitrogens with one attached hydrogen (secondary N) is 1. The molecule has 0 fully saturated rings. The summed E-state index contributed by atoms with van der Waals surface area (Å²) < 4.78 is 5.26. The van der Waals surface area contributed by atoms with Crippen LogP contribution in [-0.4, -0.2) is 42.4 Å². The summed E-state index contributed by atoms with van der Waals surface area (Å²) in [7, 11) is 3.37. The quantitative estimate of drug-likeness (QED) is 0.891. The fraction of sp³-hybridized carbons (Fsp3) is 0.389. The van der Waals surface area contributed by atoms with Gasteiger partial charge in [0.1, 0.15) is 5.75 Å². The first-order chi connectivity index (χ1) is 12.0. The Hall–Kier alpha value is -2.41. The van der Waals surface area contributed by atoms with E-state index in [9.17, 15) is 9.59 Å². The highest BCUT2D eigenvalue weighted by Gasteiger charge is 2.32. The summed E-state index contributed by atoms with van der Waals surface area (Å²) in [4.78, 5) is 32.1. The van der Waals surface area contributed by atoms with E-state index in [0.29, 0.717) is 18.0 Å². The first-order valence-electron chi connectivity index (χ1n) is 8.11. The molecule has 1 aromatic carbocycles. The molecule has 1 aliphatic rings. The maximum absolute atomic E-state index is 12.9. The Bertz CT molecular complexity index is 803. The number of rotatable bonds is 5. The number of fused-ring (bicyclic) bond motifs is 1. The number of likely N-dealkylation sites (N-methyl/N-ethyl adjacent to an activating group) is 1. The van der Waals surface area contributed by atoms with Gasteiger partial charge in [-0.15, -0.1) is 11.3 Å². The van der Waals surface area contributed by atoms with Crippen LogP contribution in [0.4, 0.5) is 5.69 Å². The van der Waals surface area contributed by atoms with Crippen molar-refractivity contribution < 1.29 is 14.3 Å². The Kier molecular flexibility index (Phi) is 5.03. The minimum absolute atomic E-state index is 0.0495. The second kappa shape index (κ2) is 7.23. The van der Waals surface area contributed by atoms with Gasteiger partial charge in [-0.3, -0.25) is 9.59 Å². The van der Waals surface area contributed by atoms with Crippen LogP contribution < -0.4 is 10.1 Å². The Morgan fingerprint density at radius 1 is 1.48 bits per heavy atom. The number of hydrogen-bond acceptors (Lipinski definition) is 5. The molecule has 0 saturated carbocycles. The van der Waals surface area contributed by atoms with Gasteiger partial charge in [0.2, 0.25) is 11.8 Å². The topological polar surface area (TPSA) is 71.5 Å². The maximum Gasteiger partial charge on any atom is 0.230 e. The lowest BCUT2D eigenvalue weighted by Crippen LogP contribution is -2.37. The van der Waals surface area contributed by atoms with E-state index in [2.05, 4.69) is 10.3 Å². The van der Waals surface area contributed by atoms with Crippen LogP contribution in [0.3, 0.4) is 0 Å². The van der Waals surface area contributed by atoms with Crippen LogP contribution in [0.15, 0.2) is 23.7 Å². The van der Waals surface area contributed by atoms with Gasteiger partial charge in [-0.2, -0.15) is 0 Å². The fourth-order valence-electron chi connectivity index (χ4n) is 3.00. The van der Waals surface area contributed by atoms with Gasteiger partial charge in [-0.1, -0.05) is 0 Å². The zero-order chi connectivity index (χ0) is 18.0. The highest BCUT2D eigenvalue weighted by Crippen LogP contribution is 2.35. The summed E-state index contributed by atoms with van der Waals surface area (Å²) >= 11 is 1.60. The lowest BCUT2D eigenvalue weighted by Gasteiger charge is -2.29. The summed E-state index contributed by atoms with van der Waals surface area (Å²) in [5, 5.41) is 2.82. The Morgan fingerprint density at radius 3 is 2.96 bits per heavy atom. The molecule has 6 nitrogen and oxygen atoms in total. The highest BCUT2D eigenvalue weighted by atomic mass is 32.1. The molecule has 1 N–H and O–H groups in total. The molecule has 3 rings (SSSR count). The Morgan fingerprint density at radius 2 is 2.28 bits per heavy atom. The normalized spacial score (nSPS) is 16.1. The van der Waals surface area contributed by atoms with Crippen molar-refractivity contribution in [1.82, 2.24) is 9.88 Å². The van der Waals surface area contributed by atoms with Crippen molar-refractivity contribution in [1.29, 1.82) is 0 Å². The number of aromatic nitrogens is 1. The lowest BCUT2D eigenvalue weighted by atomic mass is 9.89. The molecule has 1 atom stereocenters. The summed E-state index contributed by atoms with van der Waals surface area (Å²) in [6.45, 7) is 2.57. The molecule has 0 unspecified atom stereocenters. The number of amides is 2. The van der Waals surface area contributed by atoms with E-state index >= 15 is 0 Å². The van der Waals surface area contributed by atoms with E-state index in [1.807, 2.05) is 18.5 Å². The number of anilines is 1. The predicted molar refractivity (Wildman–Crippen MR) is 97.2 cm³/mol. The van der Waals surface area contributed by atoms with Gasteiger partial charge in [-0.25, -0.2) is 4.98 Å². The first-order valence-corrected chi connectivity index (χ1v) is 8.99. The van der Waals surface area contributed by atoms with Crippen molar-refractivity contribution in [3.63, 3.8) is 0 Å². The number of nitrogens with zero attached hydrogens (tertiary/aromatic N) is 2. The molecule has 25 heavy (non-hydrogen) atoms. The SMILES string of the molecule is COc1ccc2c(c1)[C@H](C(=O)N(C)CCc1scnc1C)CC(=O)N2. The van der Waals surface area contributed by atoms with E-state index in [-0.39, 0.29) is 18.2 Å². The second-order valence-electron chi connectivity index (χ2n) is 6.13. The monoisotopic (exact) mass is 359 g/mol. The molecular formula is C18H21N3O3S. The van der Waals surface area contributed by atoms with E-state index in [0.717, 1.165) is 17.7 Å². The Balaban J connectivity index is 1.77. The number of hydrogen-bond donors (Lipinski definition) is 1. The van der Waals surface area contributed by atoms with Crippen LogP contribution in [0.25, 0.3) is 0 Å². The third-order valence-electron chi connectivity index (χ3n) is 4.49. The minimum Gasteiger partial charge on any atom is -0.497 e. The molecule has 0 bridgehead atoms. The zero-order valence-corrected chi connectivity index (χ0v) is 15.4. The van der Waals surface area contributed by atoms with E-state index in [4.69, 9.17) is 4.74 Å². The number of ether oxygens (including phenoxy) is 1. The average molecular weight is 359 g/mol. The molecule has 1 aromatic heterocycles. The van der Waals surface area contributed by atoms with E-state index in [1.54, 1.807) is 42.5 Å². The third kappa shape index (κ3) is 3.66. The van der Waals surface area contributed by atoms with Crippen molar-refractivity contribution in [3.05, 3.63) is 39.8 Å². The van der Waals surface area contributed by atoms with Gasteiger partial charge in [0, 0.05) is 37.0 Å². The number of aryl methyl sites for hydroxylation is 1. The molecule has 0 radical (unpaired) electrons. The average Bonchev–Trinajstić information content (AvgIpc) is 3.02. The van der Waals surface area contributed by atoms with Crippen LogP contribution in [0, 0.1) is 6.92 Å². The predicted octanol–water partition coefficient (Wildman–Crippen LogP) is 2.59. The van der Waals surface area contributed by atoms with Crippen molar-refractivity contribution in [2.45, 2.75) is 25.7 Å². The van der Waals surface area contributed by atoms with E-state index in [1.165, 1.54) is 4.88 Å². The molecule has 0 saturated heterocycles. The van der Waals surface area contributed by atoms with Gasteiger partial charge >= 0.3 is 0 Å². The smallest absolute Gasteiger partial charge is 0.230 e. The van der Waals surface area contributed by atoms with Gasteiger partial charge < -0.3 is 15.0 Å². The molecule has 0 spiro atoms. The molecule has 2 amide bonds. The van der Waals surface area contributed by atoms with Crippen molar-refractivity contribution in [2.75, 3.05) is 26.0 Å². The molecule has 7 heteroatoms. The van der Waals surface area contributed by atoms with Crippen LogP contribution in [0.5, 0.6) is 5.75 Å². The van der Waals surface area contributed by atoms with Gasteiger partial charge in [-0.05, 0) is 30.7 Å². The third-order valence-corrected chi connectivity index (χ3v) is 5.49. The largest absolute Gasteiger partial charge is 0.497 e. The van der Waals surface area contributed by atoms with Crippen molar-refractivity contribution in [2.24, 2.45) is 0 Å². The molecule has 2 aromatic rings. The van der Waals surface area contributed by atoms with E-state index < -0.39 is 5.92 Å². The fourth-order valence-corrected chi connectivity index (χ4v) is 3.77. The van der Waals surface area contributed by atoms with Crippen molar-refractivity contribution >= 4 is 28.8 Å². The molecule has 1 aliphatic heterocycles. The second-order valence-corrected chi connectivity index (χ2v) is 7.07. The van der Waals surface area contributed by atoms with Crippen molar-refractivity contribution in [3.8, 4) is 5.75 Å². The standard InChI is InChI=1S/C18H21N3O3S/c1-11-16(25-10-19-11)6-7-21(2)18(23)14-9-17(22)20-15-5-4-12(24-3)8-13(14)15/h4-5,8,10,14H,6-7,9H2,1-3H3,(H,20,22)/t14-/m1/s1. The number of methoxy groups -OCH3 is 1. The molecular weight excluding hydrogens is 338 g/mol. The number of carbonyl (C=O) groups is 2. The van der Waals surface area contributed by atoms with Crippen LogP contribution in [0.2, 0.25) is 0 Å². The Labute approximate surface area is 150 Å². The van der Waals surface area contributed by atoms with Crippen LogP contribution >= 0.6 is 11.3 Å². The minimum atomic E-state index is -0.480. The molecule has 132 valence electrons. The summed E-state index contributed by atoms with van der Waals surface area (Å²) in [6, 6.07) is 5.40. The van der Waals surface area contributed by atoms with Gasteiger partial charge in [0.05, 0.1) is 24.2 Å². The highest BCUT2D eigenvalue weighted by molar-refractivity contribution is 7.09. The first kappa shape index (κ1) is 17.4. The summed E-state index contributed by atoms with van der Waals surface area (Å²) in [6.07, 6.45) is 0.922. The maximum atomic E-state index is 12.9.